The van der Waals surface area contributed by atoms with E-state index in [9.17, 15) is 22.4 Å². The second-order valence-electron chi connectivity index (χ2n) is 8.83. The average Bonchev–Trinajstić information content (AvgIpc) is 2.82. The van der Waals surface area contributed by atoms with Crippen molar-refractivity contribution >= 4 is 27.5 Å². The Balaban J connectivity index is 2.50. The molecule has 198 valence electrons. The van der Waals surface area contributed by atoms with Crippen molar-refractivity contribution < 1.29 is 27.1 Å². The molecule has 8 nitrogen and oxygen atoms in total. The van der Waals surface area contributed by atoms with Crippen LogP contribution in [0.15, 0.2) is 42.5 Å². The van der Waals surface area contributed by atoms with Crippen molar-refractivity contribution in [2.75, 3.05) is 24.2 Å². The van der Waals surface area contributed by atoms with Crippen LogP contribution in [0.3, 0.4) is 0 Å². The first-order valence-corrected chi connectivity index (χ1v) is 13.7. The normalized spacial score (nSPS) is 13.0. The number of sulfonamides is 1. The van der Waals surface area contributed by atoms with Crippen LogP contribution in [0, 0.1) is 12.7 Å². The maximum absolute atomic E-state index is 13.7. The van der Waals surface area contributed by atoms with Crippen LogP contribution < -0.4 is 14.4 Å². The highest BCUT2D eigenvalue weighted by molar-refractivity contribution is 7.92. The minimum atomic E-state index is -3.89. The van der Waals surface area contributed by atoms with Gasteiger partial charge in [-0.25, -0.2) is 12.8 Å². The van der Waals surface area contributed by atoms with Gasteiger partial charge < -0.3 is 15.0 Å². The van der Waals surface area contributed by atoms with Crippen molar-refractivity contribution in [3.8, 4) is 5.75 Å². The highest BCUT2D eigenvalue weighted by Gasteiger charge is 2.33. The lowest BCUT2D eigenvalue weighted by Gasteiger charge is -2.33. The number of benzene rings is 2. The molecule has 2 aromatic rings. The molecule has 0 radical (unpaired) electrons. The van der Waals surface area contributed by atoms with E-state index in [2.05, 4.69) is 5.32 Å². The van der Waals surface area contributed by atoms with Gasteiger partial charge in [-0.2, -0.15) is 0 Å². The van der Waals surface area contributed by atoms with Crippen LogP contribution >= 0.6 is 0 Å². The Labute approximate surface area is 213 Å². The molecule has 2 amide bonds. The molecule has 2 aromatic carbocycles. The van der Waals surface area contributed by atoms with Crippen LogP contribution in [0.4, 0.5) is 10.1 Å². The number of aryl methyl sites for hydroxylation is 1. The molecule has 36 heavy (non-hydrogen) atoms. The second kappa shape index (κ2) is 12.7. The van der Waals surface area contributed by atoms with Gasteiger partial charge in [-0.15, -0.1) is 0 Å². The minimum Gasteiger partial charge on any atom is -0.495 e. The van der Waals surface area contributed by atoms with E-state index in [4.69, 9.17) is 4.74 Å². The molecule has 0 aromatic heterocycles. The number of nitrogens with one attached hydrogen (secondary N) is 1. The van der Waals surface area contributed by atoms with Gasteiger partial charge >= 0.3 is 0 Å². The van der Waals surface area contributed by atoms with E-state index < -0.39 is 34.3 Å². The summed E-state index contributed by atoms with van der Waals surface area (Å²) >= 11 is 0. The smallest absolute Gasteiger partial charge is 0.244 e. The van der Waals surface area contributed by atoms with Crippen molar-refractivity contribution in [3.63, 3.8) is 0 Å². The lowest BCUT2D eigenvalue weighted by Crippen LogP contribution is -2.53. The number of amides is 2. The SMILES string of the molecule is CC[C@@H](C)NC(=O)[C@H](CC)N(Cc1ccc(F)cc1)C(=O)CN(c1cc(C)ccc1OC)S(C)(=O)=O. The van der Waals surface area contributed by atoms with Gasteiger partial charge in [0.25, 0.3) is 0 Å². The van der Waals surface area contributed by atoms with E-state index >= 15 is 0 Å². The van der Waals surface area contributed by atoms with Crippen molar-refractivity contribution in [2.24, 2.45) is 0 Å². The van der Waals surface area contributed by atoms with Gasteiger partial charge in [0, 0.05) is 12.6 Å². The number of nitrogens with zero attached hydrogens (tertiary/aromatic N) is 2. The molecule has 0 unspecified atom stereocenters. The monoisotopic (exact) mass is 521 g/mol. The summed E-state index contributed by atoms with van der Waals surface area (Å²) in [6.07, 6.45) is 2.03. The molecule has 0 aliphatic rings. The largest absolute Gasteiger partial charge is 0.495 e. The fraction of sp³-hybridized carbons (Fsp3) is 0.462. The zero-order valence-electron chi connectivity index (χ0n) is 21.7. The van der Waals surface area contributed by atoms with Crippen LogP contribution in [0.1, 0.15) is 44.7 Å². The van der Waals surface area contributed by atoms with Gasteiger partial charge in [0.1, 0.15) is 24.2 Å². The Morgan fingerprint density at radius 3 is 2.25 bits per heavy atom. The zero-order valence-corrected chi connectivity index (χ0v) is 22.6. The molecule has 0 heterocycles. The number of halogens is 1. The summed E-state index contributed by atoms with van der Waals surface area (Å²) in [6, 6.07) is 9.72. The third-order valence-electron chi connectivity index (χ3n) is 5.94. The molecule has 0 aliphatic heterocycles. The number of carbonyl (C=O) groups is 2. The lowest BCUT2D eigenvalue weighted by atomic mass is 10.1. The molecule has 0 saturated heterocycles. The molecular formula is C26H36FN3O5S. The van der Waals surface area contributed by atoms with Gasteiger partial charge in [0.2, 0.25) is 21.8 Å². The molecule has 0 bridgehead atoms. The van der Waals surface area contributed by atoms with Gasteiger partial charge in [0.15, 0.2) is 0 Å². The highest BCUT2D eigenvalue weighted by Crippen LogP contribution is 2.31. The number of methoxy groups -OCH3 is 1. The number of hydrogen-bond acceptors (Lipinski definition) is 5. The molecule has 2 atom stereocenters. The summed E-state index contributed by atoms with van der Waals surface area (Å²) in [5.74, 6) is -1.03. The van der Waals surface area contributed by atoms with E-state index in [-0.39, 0.29) is 24.2 Å². The van der Waals surface area contributed by atoms with Crippen LogP contribution in [0.5, 0.6) is 5.75 Å². The van der Waals surface area contributed by atoms with Crippen LogP contribution in [-0.4, -0.2) is 57.1 Å². The summed E-state index contributed by atoms with van der Waals surface area (Å²) in [4.78, 5) is 28.2. The van der Waals surface area contributed by atoms with E-state index in [0.29, 0.717) is 24.2 Å². The molecule has 10 heteroatoms. The number of anilines is 1. The Morgan fingerprint density at radius 1 is 1.08 bits per heavy atom. The summed E-state index contributed by atoms with van der Waals surface area (Å²) < 4.78 is 45.4. The molecule has 0 fully saturated rings. The molecule has 2 rings (SSSR count). The van der Waals surface area contributed by atoms with E-state index in [1.54, 1.807) is 32.0 Å². The van der Waals surface area contributed by atoms with Gasteiger partial charge in [-0.05, 0) is 62.1 Å². The van der Waals surface area contributed by atoms with Crippen molar-refractivity contribution in [2.45, 2.75) is 59.2 Å². The first-order valence-electron chi connectivity index (χ1n) is 11.9. The van der Waals surface area contributed by atoms with Crippen molar-refractivity contribution in [1.82, 2.24) is 10.2 Å². The lowest BCUT2D eigenvalue weighted by molar-refractivity contribution is -0.140. The summed E-state index contributed by atoms with van der Waals surface area (Å²) in [7, 11) is -2.47. The summed E-state index contributed by atoms with van der Waals surface area (Å²) in [5, 5.41) is 2.91. The maximum Gasteiger partial charge on any atom is 0.244 e. The van der Waals surface area contributed by atoms with E-state index in [1.807, 2.05) is 13.8 Å². The molecule has 0 aliphatic carbocycles. The van der Waals surface area contributed by atoms with E-state index in [0.717, 1.165) is 16.1 Å². The maximum atomic E-state index is 13.7. The fourth-order valence-corrected chi connectivity index (χ4v) is 4.58. The Kier molecular flexibility index (Phi) is 10.3. The average molecular weight is 522 g/mol. The van der Waals surface area contributed by atoms with Crippen molar-refractivity contribution in [1.29, 1.82) is 0 Å². The molecule has 1 N–H and O–H groups in total. The minimum absolute atomic E-state index is 0.00804. The fourth-order valence-electron chi connectivity index (χ4n) is 3.74. The predicted octanol–water partition coefficient (Wildman–Crippen LogP) is 3.63. The standard InChI is InChI=1S/C26H36FN3O5S/c1-7-19(4)28-26(32)22(8-2)29(16-20-10-12-21(27)13-11-20)25(31)17-30(36(6,33)34)23-15-18(3)9-14-24(23)35-5/h9-15,19,22H,7-8,16-17H2,1-6H3,(H,28,32)/t19-,22+/m1/s1. The predicted molar refractivity (Wildman–Crippen MR) is 139 cm³/mol. The van der Waals surface area contributed by atoms with Crippen LogP contribution in [-0.2, 0) is 26.2 Å². The third kappa shape index (κ3) is 7.68. The topological polar surface area (TPSA) is 96.0 Å². The molecular weight excluding hydrogens is 485 g/mol. The number of rotatable bonds is 12. The second-order valence-corrected chi connectivity index (χ2v) is 10.7. The van der Waals surface area contributed by atoms with Crippen molar-refractivity contribution in [3.05, 3.63) is 59.4 Å². The Bertz CT molecular complexity index is 1150. The Morgan fingerprint density at radius 2 is 1.72 bits per heavy atom. The first-order chi connectivity index (χ1) is 16.9. The zero-order chi connectivity index (χ0) is 27.0. The van der Waals surface area contributed by atoms with Gasteiger partial charge in [-0.3, -0.25) is 13.9 Å². The quantitative estimate of drug-likeness (QED) is 0.460. The van der Waals surface area contributed by atoms with Crippen LogP contribution in [0.2, 0.25) is 0 Å². The summed E-state index contributed by atoms with van der Waals surface area (Å²) in [6.45, 7) is 6.86. The third-order valence-corrected chi connectivity index (χ3v) is 7.06. The number of carbonyl (C=O) groups excluding carboxylic acids is 2. The first kappa shape index (κ1) is 29.1. The summed E-state index contributed by atoms with van der Waals surface area (Å²) in [5.41, 5.74) is 1.63. The molecule has 0 saturated carbocycles. The number of ether oxygens (including phenoxy) is 1. The van der Waals surface area contributed by atoms with Gasteiger partial charge in [-0.1, -0.05) is 32.0 Å². The van der Waals surface area contributed by atoms with E-state index in [1.165, 1.54) is 36.3 Å². The van der Waals surface area contributed by atoms with Crippen LogP contribution in [0.25, 0.3) is 0 Å². The highest BCUT2D eigenvalue weighted by atomic mass is 32.2. The number of hydrogen-bond donors (Lipinski definition) is 1. The Hall–Kier alpha value is -3.14. The van der Waals surface area contributed by atoms with Gasteiger partial charge in [0.05, 0.1) is 19.1 Å². The molecule has 0 spiro atoms.